The lowest BCUT2D eigenvalue weighted by Crippen LogP contribution is -2.35. The molecule has 0 bridgehead atoms. The Balaban J connectivity index is 1.77. The molecule has 0 saturated carbocycles. The fourth-order valence-corrected chi connectivity index (χ4v) is 3.11. The van der Waals surface area contributed by atoms with E-state index < -0.39 is 0 Å². The zero-order chi connectivity index (χ0) is 15.5. The van der Waals surface area contributed by atoms with E-state index in [1.807, 2.05) is 30.3 Å². The highest BCUT2D eigenvalue weighted by Crippen LogP contribution is 2.27. The van der Waals surface area contributed by atoms with Gasteiger partial charge in [0.05, 0.1) is 11.2 Å². The molecule has 3 aromatic rings. The first-order valence-corrected chi connectivity index (χ1v) is 8.19. The fraction of sp³-hybridized carbons (Fsp3) is 0.263. The van der Waals surface area contributed by atoms with Gasteiger partial charge in [0.1, 0.15) is 0 Å². The molecule has 1 saturated heterocycles. The summed E-state index contributed by atoms with van der Waals surface area (Å²) in [5.74, 6) is 0.731. The highest BCUT2D eigenvalue weighted by atomic mass is 15.1. The maximum atomic E-state index is 4.82. The molecule has 4 nitrogen and oxygen atoms in total. The van der Waals surface area contributed by atoms with Crippen molar-refractivity contribution < 1.29 is 0 Å². The molecule has 116 valence electrons. The van der Waals surface area contributed by atoms with Crippen molar-refractivity contribution in [2.45, 2.75) is 18.9 Å². The van der Waals surface area contributed by atoms with Crippen molar-refractivity contribution in [1.29, 1.82) is 0 Å². The zero-order valence-corrected chi connectivity index (χ0v) is 13.0. The Kier molecular flexibility index (Phi) is 3.90. The second kappa shape index (κ2) is 6.34. The topological polar surface area (TPSA) is 49.8 Å². The zero-order valence-electron chi connectivity index (χ0n) is 13.0. The van der Waals surface area contributed by atoms with Crippen LogP contribution in [0.25, 0.3) is 22.2 Å². The maximum absolute atomic E-state index is 4.82. The second-order valence-corrected chi connectivity index (χ2v) is 5.95. The van der Waals surface area contributed by atoms with Crippen LogP contribution in [0.1, 0.15) is 12.8 Å². The van der Waals surface area contributed by atoms with Crippen molar-refractivity contribution in [3.8, 4) is 11.3 Å². The third kappa shape index (κ3) is 3.03. The number of nitrogens with zero attached hydrogens (tertiary/aromatic N) is 2. The van der Waals surface area contributed by atoms with Gasteiger partial charge >= 0.3 is 0 Å². The third-order valence-electron chi connectivity index (χ3n) is 4.32. The molecule has 23 heavy (non-hydrogen) atoms. The second-order valence-electron chi connectivity index (χ2n) is 5.95. The van der Waals surface area contributed by atoms with E-state index in [1.54, 1.807) is 0 Å². The minimum Gasteiger partial charge on any atom is -0.351 e. The van der Waals surface area contributed by atoms with Crippen molar-refractivity contribution in [2.75, 3.05) is 18.4 Å². The van der Waals surface area contributed by atoms with E-state index in [0.717, 1.165) is 54.0 Å². The molecule has 2 aromatic carbocycles. The molecule has 0 amide bonds. The highest BCUT2D eigenvalue weighted by molar-refractivity contribution is 5.93. The average Bonchev–Trinajstić information content (AvgIpc) is 2.63. The number of benzene rings is 2. The Morgan fingerprint density at radius 2 is 1.61 bits per heavy atom. The summed E-state index contributed by atoms with van der Waals surface area (Å²) in [4.78, 5) is 9.54. The molecule has 0 radical (unpaired) electrons. The molecule has 4 heteroatoms. The summed E-state index contributed by atoms with van der Waals surface area (Å²) in [6, 6.07) is 19.0. The molecule has 0 aliphatic carbocycles. The molecule has 4 rings (SSSR count). The number of nitrogens with one attached hydrogen (secondary N) is 2. The van der Waals surface area contributed by atoms with Crippen LogP contribution in [0.15, 0.2) is 54.6 Å². The number of aromatic nitrogens is 2. The Labute approximate surface area is 136 Å². The van der Waals surface area contributed by atoms with E-state index in [2.05, 4.69) is 34.9 Å². The maximum Gasteiger partial charge on any atom is 0.224 e. The quantitative estimate of drug-likeness (QED) is 0.778. The van der Waals surface area contributed by atoms with E-state index in [0.29, 0.717) is 6.04 Å². The van der Waals surface area contributed by atoms with Crippen LogP contribution in [-0.2, 0) is 0 Å². The molecule has 2 heterocycles. The molecule has 2 N–H and O–H groups in total. The van der Waals surface area contributed by atoms with Gasteiger partial charge in [-0.05, 0) is 32.0 Å². The summed E-state index contributed by atoms with van der Waals surface area (Å²) >= 11 is 0. The van der Waals surface area contributed by atoms with Gasteiger partial charge in [-0.15, -0.1) is 0 Å². The van der Waals surface area contributed by atoms with Crippen LogP contribution in [0.2, 0.25) is 0 Å². The number of hydrogen-bond acceptors (Lipinski definition) is 4. The number of hydrogen-bond donors (Lipinski definition) is 2. The molecular formula is C19H20N4. The first kappa shape index (κ1) is 14.2. The van der Waals surface area contributed by atoms with Crippen molar-refractivity contribution >= 4 is 16.9 Å². The van der Waals surface area contributed by atoms with Crippen LogP contribution in [0.3, 0.4) is 0 Å². The van der Waals surface area contributed by atoms with Crippen LogP contribution in [-0.4, -0.2) is 29.1 Å². The van der Waals surface area contributed by atoms with Crippen molar-refractivity contribution in [3.05, 3.63) is 54.6 Å². The van der Waals surface area contributed by atoms with Crippen molar-refractivity contribution in [1.82, 2.24) is 15.3 Å². The Hall–Kier alpha value is -2.46. The number of piperidine rings is 1. The predicted molar refractivity (Wildman–Crippen MR) is 94.5 cm³/mol. The highest BCUT2D eigenvalue weighted by Gasteiger charge is 2.15. The van der Waals surface area contributed by atoms with E-state index >= 15 is 0 Å². The number of fused-ring (bicyclic) bond motifs is 1. The smallest absolute Gasteiger partial charge is 0.224 e. The largest absolute Gasteiger partial charge is 0.351 e. The van der Waals surface area contributed by atoms with E-state index in [-0.39, 0.29) is 0 Å². The van der Waals surface area contributed by atoms with Crippen LogP contribution < -0.4 is 10.6 Å². The fourth-order valence-electron chi connectivity index (χ4n) is 3.11. The first-order chi connectivity index (χ1) is 11.4. The normalized spacial score (nSPS) is 15.7. The van der Waals surface area contributed by atoms with Gasteiger partial charge in [-0.1, -0.05) is 48.5 Å². The predicted octanol–water partition coefficient (Wildman–Crippen LogP) is 3.46. The summed E-state index contributed by atoms with van der Waals surface area (Å²) in [5.41, 5.74) is 3.10. The minimum absolute atomic E-state index is 0.445. The lowest BCUT2D eigenvalue weighted by molar-refractivity contribution is 0.477. The lowest BCUT2D eigenvalue weighted by atomic mass is 10.1. The molecular weight excluding hydrogens is 284 g/mol. The van der Waals surface area contributed by atoms with Gasteiger partial charge in [0.2, 0.25) is 5.95 Å². The van der Waals surface area contributed by atoms with Gasteiger partial charge in [0.25, 0.3) is 0 Å². The molecule has 1 aromatic heterocycles. The summed E-state index contributed by atoms with van der Waals surface area (Å²) in [7, 11) is 0. The molecule has 1 fully saturated rings. The number of para-hydroxylation sites is 1. The molecule has 1 aliphatic rings. The summed E-state index contributed by atoms with van der Waals surface area (Å²) in [6.07, 6.45) is 2.22. The molecule has 0 unspecified atom stereocenters. The molecule has 1 aliphatic heterocycles. The third-order valence-corrected chi connectivity index (χ3v) is 4.32. The SMILES string of the molecule is c1ccc(-c2nc(NC3CCNCC3)nc3ccccc23)cc1. The monoisotopic (exact) mass is 304 g/mol. The van der Waals surface area contributed by atoms with E-state index in [1.165, 1.54) is 0 Å². The minimum atomic E-state index is 0.445. The average molecular weight is 304 g/mol. The van der Waals surface area contributed by atoms with Gasteiger partial charge in [-0.3, -0.25) is 0 Å². The van der Waals surface area contributed by atoms with Gasteiger partial charge in [0, 0.05) is 17.0 Å². The van der Waals surface area contributed by atoms with Gasteiger partial charge in [-0.25, -0.2) is 9.97 Å². The molecule has 0 spiro atoms. The number of anilines is 1. The van der Waals surface area contributed by atoms with E-state index in [9.17, 15) is 0 Å². The first-order valence-electron chi connectivity index (χ1n) is 8.19. The van der Waals surface area contributed by atoms with Gasteiger partial charge in [-0.2, -0.15) is 0 Å². The van der Waals surface area contributed by atoms with Crippen molar-refractivity contribution in [3.63, 3.8) is 0 Å². The standard InChI is InChI=1S/C19H20N4/c1-2-6-14(7-3-1)18-16-8-4-5-9-17(16)22-19(23-18)21-15-10-12-20-13-11-15/h1-9,15,20H,10-13H2,(H,21,22,23). The van der Waals surface area contributed by atoms with Gasteiger partial charge < -0.3 is 10.6 Å². The van der Waals surface area contributed by atoms with Crippen LogP contribution in [0.5, 0.6) is 0 Å². The van der Waals surface area contributed by atoms with Gasteiger partial charge in [0.15, 0.2) is 0 Å². The molecule has 0 atom stereocenters. The van der Waals surface area contributed by atoms with E-state index in [4.69, 9.17) is 9.97 Å². The van der Waals surface area contributed by atoms with Crippen LogP contribution >= 0.6 is 0 Å². The summed E-state index contributed by atoms with van der Waals surface area (Å²) in [6.45, 7) is 2.10. The van der Waals surface area contributed by atoms with Crippen LogP contribution in [0.4, 0.5) is 5.95 Å². The Morgan fingerprint density at radius 1 is 0.870 bits per heavy atom. The summed E-state index contributed by atoms with van der Waals surface area (Å²) in [5, 5.41) is 8.00. The summed E-state index contributed by atoms with van der Waals surface area (Å²) < 4.78 is 0. The Morgan fingerprint density at radius 3 is 2.43 bits per heavy atom. The Bertz CT molecular complexity index is 795. The van der Waals surface area contributed by atoms with Crippen molar-refractivity contribution in [2.24, 2.45) is 0 Å². The lowest BCUT2D eigenvalue weighted by Gasteiger charge is -2.24. The number of rotatable bonds is 3. The van der Waals surface area contributed by atoms with Crippen LogP contribution in [0, 0.1) is 0 Å².